The Morgan fingerprint density at radius 3 is 2.19 bits per heavy atom. The quantitative estimate of drug-likeness (QED) is 0.531. The molecule has 2 N–H and O–H groups in total. The van der Waals surface area contributed by atoms with Crippen molar-refractivity contribution in [3.8, 4) is 23.0 Å². The summed E-state index contributed by atoms with van der Waals surface area (Å²) < 4.78 is 46.4. The summed E-state index contributed by atoms with van der Waals surface area (Å²) in [6.45, 7) is -0.328. The molecule has 10 heteroatoms. The average Bonchev–Trinajstić information content (AvgIpc) is 2.75. The highest BCUT2D eigenvalue weighted by Crippen LogP contribution is 2.40. The van der Waals surface area contributed by atoms with E-state index in [1.807, 2.05) is 0 Å². The van der Waals surface area contributed by atoms with Crippen molar-refractivity contribution < 1.29 is 37.3 Å². The molecule has 0 aliphatic rings. The van der Waals surface area contributed by atoms with Crippen LogP contribution < -0.4 is 24.3 Å². The molecule has 0 aliphatic carbocycles. The second-order valence-electron chi connectivity index (χ2n) is 6.32. The number of ether oxygens (including phenoxy) is 4. The van der Waals surface area contributed by atoms with E-state index in [0.717, 1.165) is 5.41 Å². The summed E-state index contributed by atoms with van der Waals surface area (Å²) in [7, 11) is 2.19. The third-order valence-corrected chi connectivity index (χ3v) is 5.54. The largest absolute Gasteiger partial charge is 0.495 e. The summed E-state index contributed by atoms with van der Waals surface area (Å²) in [4.78, 5) is 10.8. The number of hydrogen-bond donors (Lipinski definition) is 2. The van der Waals surface area contributed by atoms with Crippen molar-refractivity contribution in [1.82, 2.24) is 0 Å². The molecule has 31 heavy (non-hydrogen) atoms. The minimum absolute atomic E-state index is 0.287. The lowest BCUT2D eigenvalue weighted by Gasteiger charge is -2.14. The molecule has 0 bridgehead atoms. The Kier molecular flexibility index (Phi) is 8.14. The highest BCUT2D eigenvalue weighted by atomic mass is 32.2. The van der Waals surface area contributed by atoms with Crippen molar-refractivity contribution in [3.63, 3.8) is 0 Å². The molecule has 9 nitrogen and oxygen atoms in total. The predicted octanol–water partition coefficient (Wildman–Crippen LogP) is 2.80. The molecule has 0 aliphatic heterocycles. The first-order chi connectivity index (χ1) is 14.7. The van der Waals surface area contributed by atoms with Gasteiger partial charge in [0.1, 0.15) is 12.3 Å². The Morgan fingerprint density at radius 1 is 0.968 bits per heavy atom. The van der Waals surface area contributed by atoms with Crippen LogP contribution in [0.4, 0.5) is 5.69 Å². The van der Waals surface area contributed by atoms with E-state index in [4.69, 9.17) is 24.1 Å². The summed E-state index contributed by atoms with van der Waals surface area (Å²) in [5.74, 6) is 0.232. The number of rotatable bonds is 11. The highest BCUT2D eigenvalue weighted by molar-refractivity contribution is 7.93. The van der Waals surface area contributed by atoms with E-state index in [0.29, 0.717) is 39.8 Å². The van der Waals surface area contributed by atoms with Crippen LogP contribution >= 0.6 is 0 Å². The topological polar surface area (TPSA) is 120 Å². The lowest BCUT2D eigenvalue weighted by Crippen LogP contribution is -2.13. The van der Waals surface area contributed by atoms with Gasteiger partial charge in [0.2, 0.25) is 5.75 Å². The number of methoxy groups -OCH3 is 4. The molecule has 0 heterocycles. The Morgan fingerprint density at radius 2 is 1.61 bits per heavy atom. The van der Waals surface area contributed by atoms with Crippen LogP contribution in [0.3, 0.4) is 0 Å². The van der Waals surface area contributed by atoms with E-state index >= 15 is 0 Å². The van der Waals surface area contributed by atoms with Gasteiger partial charge in [-0.05, 0) is 35.9 Å². The van der Waals surface area contributed by atoms with Gasteiger partial charge in [-0.25, -0.2) is 8.42 Å². The van der Waals surface area contributed by atoms with Gasteiger partial charge in [-0.2, -0.15) is 0 Å². The highest BCUT2D eigenvalue weighted by Gasteiger charge is 2.16. The van der Waals surface area contributed by atoms with Crippen molar-refractivity contribution in [1.29, 1.82) is 0 Å². The summed E-state index contributed by atoms with van der Waals surface area (Å²) >= 11 is 0. The van der Waals surface area contributed by atoms with Crippen molar-refractivity contribution in [2.45, 2.75) is 5.75 Å². The molecule has 0 fully saturated rings. The van der Waals surface area contributed by atoms with Crippen LogP contribution in [0.2, 0.25) is 0 Å². The lowest BCUT2D eigenvalue weighted by molar-refractivity contribution is -0.134. The number of carboxylic acid groups (broad SMARTS) is 1. The van der Waals surface area contributed by atoms with Gasteiger partial charge < -0.3 is 29.4 Å². The Bertz CT molecular complexity index is 1060. The third-order valence-electron chi connectivity index (χ3n) is 4.25. The zero-order chi connectivity index (χ0) is 23.0. The molecule has 0 radical (unpaired) electrons. The van der Waals surface area contributed by atoms with E-state index in [1.54, 1.807) is 30.3 Å². The van der Waals surface area contributed by atoms with Crippen molar-refractivity contribution >= 4 is 27.6 Å². The third kappa shape index (κ3) is 6.29. The zero-order valence-corrected chi connectivity index (χ0v) is 18.5. The maximum atomic E-state index is 12.7. The average molecular weight is 451 g/mol. The second-order valence-corrected chi connectivity index (χ2v) is 8.20. The first kappa shape index (κ1) is 23.9. The lowest BCUT2D eigenvalue weighted by atomic mass is 10.1. The minimum atomic E-state index is -3.65. The Hall–Kier alpha value is -3.40. The molecule has 168 valence electrons. The van der Waals surface area contributed by atoms with Crippen molar-refractivity contribution in [3.05, 3.63) is 46.9 Å². The van der Waals surface area contributed by atoms with E-state index in [9.17, 15) is 13.2 Å². The van der Waals surface area contributed by atoms with Crippen LogP contribution in [0.25, 0.3) is 6.08 Å². The van der Waals surface area contributed by atoms with E-state index in [-0.39, 0.29) is 12.3 Å². The standard InChI is InChI=1S/C21H25NO8S/c1-27-17-7-5-14(11-16(17)22-12-19(23)24)13-31(25,26)10-9-15-6-8-18(28-2)21(30-4)20(15)29-3/h5-11,22H,12-13H2,1-4H3,(H,23,24)/b10-9+. The van der Waals surface area contributed by atoms with Crippen LogP contribution in [-0.4, -0.2) is 54.5 Å². The van der Waals surface area contributed by atoms with Crippen LogP contribution in [0.5, 0.6) is 23.0 Å². The summed E-state index contributed by atoms with van der Waals surface area (Å²) in [5, 5.41) is 12.6. The van der Waals surface area contributed by atoms with E-state index in [1.165, 1.54) is 34.5 Å². The minimum Gasteiger partial charge on any atom is -0.495 e. The van der Waals surface area contributed by atoms with Gasteiger partial charge in [0.15, 0.2) is 21.3 Å². The van der Waals surface area contributed by atoms with Gasteiger partial charge in [0.25, 0.3) is 0 Å². The molecule has 0 spiro atoms. The maximum Gasteiger partial charge on any atom is 0.322 e. The molecule has 0 unspecified atom stereocenters. The van der Waals surface area contributed by atoms with Gasteiger partial charge in [-0.1, -0.05) is 6.07 Å². The molecule has 0 saturated carbocycles. The van der Waals surface area contributed by atoms with Crippen molar-refractivity contribution in [2.75, 3.05) is 40.3 Å². The molecule has 0 atom stereocenters. The van der Waals surface area contributed by atoms with Crippen LogP contribution in [0.1, 0.15) is 11.1 Å². The molecule has 0 amide bonds. The summed E-state index contributed by atoms with van der Waals surface area (Å²) in [6.07, 6.45) is 1.42. The SMILES string of the molecule is COc1ccc(CS(=O)(=O)/C=C/c2ccc(OC)c(OC)c2OC)cc1NCC(=O)O. The van der Waals surface area contributed by atoms with Gasteiger partial charge in [-0.3, -0.25) is 4.79 Å². The number of carbonyl (C=O) groups is 1. The van der Waals surface area contributed by atoms with E-state index < -0.39 is 15.8 Å². The number of aliphatic carboxylic acids is 1. The van der Waals surface area contributed by atoms with Crippen LogP contribution in [-0.2, 0) is 20.4 Å². The fourth-order valence-electron chi connectivity index (χ4n) is 2.87. The zero-order valence-electron chi connectivity index (χ0n) is 17.7. The smallest absolute Gasteiger partial charge is 0.322 e. The summed E-state index contributed by atoms with van der Waals surface area (Å²) in [5.41, 5.74) is 1.36. The Balaban J connectivity index is 2.29. The number of sulfone groups is 1. The normalized spacial score (nSPS) is 11.2. The van der Waals surface area contributed by atoms with Gasteiger partial charge in [-0.15, -0.1) is 0 Å². The van der Waals surface area contributed by atoms with Crippen LogP contribution in [0.15, 0.2) is 35.7 Å². The number of carboxylic acids is 1. The summed E-state index contributed by atoms with van der Waals surface area (Å²) in [6, 6.07) is 8.04. The van der Waals surface area contributed by atoms with Crippen LogP contribution in [0, 0.1) is 0 Å². The number of hydrogen-bond acceptors (Lipinski definition) is 8. The first-order valence-electron chi connectivity index (χ1n) is 9.07. The maximum absolute atomic E-state index is 12.7. The molecule has 2 rings (SSSR count). The molecular formula is C21H25NO8S. The van der Waals surface area contributed by atoms with Gasteiger partial charge in [0, 0.05) is 11.0 Å². The number of nitrogens with one attached hydrogen (secondary N) is 1. The molecule has 2 aromatic rings. The molecule has 2 aromatic carbocycles. The fourth-order valence-corrected chi connectivity index (χ4v) is 3.96. The molecule has 0 aromatic heterocycles. The van der Waals surface area contributed by atoms with Gasteiger partial charge >= 0.3 is 5.97 Å². The van der Waals surface area contributed by atoms with E-state index in [2.05, 4.69) is 5.32 Å². The predicted molar refractivity (Wildman–Crippen MR) is 117 cm³/mol. The second kappa shape index (κ2) is 10.6. The monoisotopic (exact) mass is 451 g/mol. The first-order valence-corrected chi connectivity index (χ1v) is 10.8. The van der Waals surface area contributed by atoms with Crippen molar-refractivity contribution in [2.24, 2.45) is 0 Å². The van der Waals surface area contributed by atoms with Gasteiger partial charge in [0.05, 0.1) is 39.9 Å². The molecule has 0 saturated heterocycles. The molecular weight excluding hydrogens is 426 g/mol. The fraction of sp³-hybridized carbons (Fsp3) is 0.286. The number of anilines is 1. The Labute approximate surface area is 181 Å². The number of benzene rings is 2.